The van der Waals surface area contributed by atoms with Crippen molar-refractivity contribution in [2.75, 3.05) is 19.7 Å². The number of ether oxygens (including phenoxy) is 1. The van der Waals surface area contributed by atoms with E-state index in [2.05, 4.69) is 52.4 Å². The molecule has 3 heteroatoms. The van der Waals surface area contributed by atoms with E-state index in [0.29, 0.717) is 17.4 Å². The molecule has 3 rings (SSSR count). The van der Waals surface area contributed by atoms with Gasteiger partial charge in [0.25, 0.3) is 0 Å². The quantitative estimate of drug-likeness (QED) is 0.850. The van der Waals surface area contributed by atoms with Gasteiger partial charge in [0.2, 0.25) is 0 Å². The minimum atomic E-state index is 0.400. The molecule has 2 aliphatic heterocycles. The first kappa shape index (κ1) is 13.6. The first-order valence-electron chi connectivity index (χ1n) is 7.28. The molecule has 2 nitrogen and oxygen atoms in total. The zero-order chi connectivity index (χ0) is 13.3. The van der Waals surface area contributed by atoms with Crippen molar-refractivity contribution in [2.45, 2.75) is 38.2 Å². The summed E-state index contributed by atoms with van der Waals surface area (Å²) in [5, 5.41) is 3.59. The molecule has 0 radical (unpaired) electrons. The third-order valence-corrected chi connectivity index (χ3v) is 5.59. The van der Waals surface area contributed by atoms with Crippen LogP contribution < -0.4 is 5.32 Å². The Balaban J connectivity index is 1.95. The topological polar surface area (TPSA) is 21.3 Å². The fourth-order valence-electron chi connectivity index (χ4n) is 3.91. The van der Waals surface area contributed by atoms with Crippen LogP contribution in [0.4, 0.5) is 0 Å². The lowest BCUT2D eigenvalue weighted by molar-refractivity contribution is -0.0597. The Labute approximate surface area is 124 Å². The summed E-state index contributed by atoms with van der Waals surface area (Å²) in [7, 11) is 0. The highest BCUT2D eigenvalue weighted by atomic mass is 79.9. The summed E-state index contributed by atoms with van der Waals surface area (Å²) in [5.41, 5.74) is 1.89. The van der Waals surface area contributed by atoms with Crippen molar-refractivity contribution in [1.29, 1.82) is 0 Å². The molecule has 0 bridgehead atoms. The molecule has 1 aromatic carbocycles. The lowest BCUT2D eigenvalue weighted by Crippen LogP contribution is -2.48. The van der Waals surface area contributed by atoms with E-state index in [1.54, 1.807) is 0 Å². The Morgan fingerprint density at radius 2 is 2.16 bits per heavy atom. The summed E-state index contributed by atoms with van der Waals surface area (Å²) in [6.45, 7) is 5.38. The predicted octanol–water partition coefficient (Wildman–Crippen LogP) is 3.71. The number of rotatable bonds is 1. The van der Waals surface area contributed by atoms with Crippen molar-refractivity contribution >= 4 is 15.9 Å². The molecule has 2 aliphatic rings. The van der Waals surface area contributed by atoms with Gasteiger partial charge >= 0.3 is 0 Å². The van der Waals surface area contributed by atoms with Crippen molar-refractivity contribution in [2.24, 2.45) is 5.41 Å². The second-order valence-corrected chi connectivity index (χ2v) is 6.88. The molecule has 0 amide bonds. The fourth-order valence-corrected chi connectivity index (χ4v) is 4.47. The minimum absolute atomic E-state index is 0.400. The van der Waals surface area contributed by atoms with Crippen LogP contribution >= 0.6 is 15.9 Å². The summed E-state index contributed by atoms with van der Waals surface area (Å²) in [6.07, 6.45) is 4.06. The normalized spacial score (nSPS) is 35.5. The molecular formula is C16H22BrNO. The van der Waals surface area contributed by atoms with Crippen molar-refractivity contribution in [3.63, 3.8) is 0 Å². The first-order valence-corrected chi connectivity index (χ1v) is 8.07. The maximum atomic E-state index is 5.79. The van der Waals surface area contributed by atoms with Crippen LogP contribution in [0.2, 0.25) is 0 Å². The van der Waals surface area contributed by atoms with E-state index in [-0.39, 0.29) is 0 Å². The Kier molecular flexibility index (Phi) is 3.97. The van der Waals surface area contributed by atoms with Crippen LogP contribution in [0.25, 0.3) is 0 Å². The Morgan fingerprint density at radius 3 is 2.95 bits per heavy atom. The second kappa shape index (κ2) is 5.55. The van der Waals surface area contributed by atoms with E-state index < -0.39 is 0 Å². The molecule has 0 aliphatic carbocycles. The van der Waals surface area contributed by atoms with E-state index in [4.69, 9.17) is 4.74 Å². The van der Waals surface area contributed by atoms with Crippen LogP contribution in [0.1, 0.15) is 37.7 Å². The molecule has 0 saturated carbocycles. The van der Waals surface area contributed by atoms with Gasteiger partial charge in [-0.3, -0.25) is 0 Å². The highest BCUT2D eigenvalue weighted by molar-refractivity contribution is 9.10. The third-order valence-electron chi connectivity index (χ3n) is 4.86. The number of benzene rings is 1. The minimum Gasteiger partial charge on any atom is -0.378 e. The molecule has 2 heterocycles. The van der Waals surface area contributed by atoms with Crippen molar-refractivity contribution < 1.29 is 4.74 Å². The highest BCUT2D eigenvalue weighted by Gasteiger charge is 2.44. The molecule has 104 valence electrons. The van der Waals surface area contributed by atoms with Gasteiger partial charge in [0.1, 0.15) is 0 Å². The summed E-state index contributed by atoms with van der Waals surface area (Å²) >= 11 is 3.74. The van der Waals surface area contributed by atoms with Crippen LogP contribution in [0, 0.1) is 5.41 Å². The smallest absolute Gasteiger partial charge is 0.0552 e. The van der Waals surface area contributed by atoms with Gasteiger partial charge in [0, 0.05) is 23.5 Å². The zero-order valence-corrected chi connectivity index (χ0v) is 13.1. The van der Waals surface area contributed by atoms with E-state index >= 15 is 0 Å². The molecule has 1 aromatic rings. The van der Waals surface area contributed by atoms with Gasteiger partial charge in [-0.1, -0.05) is 34.1 Å². The lowest BCUT2D eigenvalue weighted by atomic mass is 9.62. The number of nitrogens with one attached hydrogen (secondary N) is 1. The van der Waals surface area contributed by atoms with Crippen LogP contribution in [-0.4, -0.2) is 25.8 Å². The van der Waals surface area contributed by atoms with Crippen molar-refractivity contribution in [3.05, 3.63) is 34.3 Å². The summed E-state index contributed by atoms with van der Waals surface area (Å²) in [6, 6.07) is 8.71. The number of piperidine rings is 1. The van der Waals surface area contributed by atoms with E-state index in [9.17, 15) is 0 Å². The molecular weight excluding hydrogens is 302 g/mol. The number of hydrogen-bond donors (Lipinski definition) is 1. The molecule has 2 fully saturated rings. The third kappa shape index (κ3) is 2.61. The summed E-state index contributed by atoms with van der Waals surface area (Å²) < 4.78 is 7.04. The van der Waals surface area contributed by atoms with Gasteiger partial charge in [0.05, 0.1) is 6.10 Å². The molecule has 19 heavy (non-hydrogen) atoms. The molecule has 1 spiro atoms. The van der Waals surface area contributed by atoms with E-state index in [1.165, 1.54) is 29.3 Å². The Bertz CT molecular complexity index is 446. The predicted molar refractivity (Wildman–Crippen MR) is 81.5 cm³/mol. The largest absolute Gasteiger partial charge is 0.378 e. The molecule has 0 aromatic heterocycles. The average molecular weight is 324 g/mol. The molecule has 1 N–H and O–H groups in total. The SMILES string of the molecule is CC1CC2(CCNCC2c2ccccc2Br)CCO1. The van der Waals surface area contributed by atoms with Gasteiger partial charge < -0.3 is 10.1 Å². The van der Waals surface area contributed by atoms with Crippen LogP contribution in [0.5, 0.6) is 0 Å². The van der Waals surface area contributed by atoms with Crippen molar-refractivity contribution in [1.82, 2.24) is 5.32 Å². The average Bonchev–Trinajstić information content (AvgIpc) is 2.40. The van der Waals surface area contributed by atoms with Gasteiger partial charge in [-0.05, 0) is 49.8 Å². The monoisotopic (exact) mass is 323 g/mol. The van der Waals surface area contributed by atoms with Gasteiger partial charge in [0.15, 0.2) is 0 Å². The number of hydrogen-bond acceptors (Lipinski definition) is 2. The zero-order valence-electron chi connectivity index (χ0n) is 11.5. The maximum absolute atomic E-state index is 5.79. The summed E-state index contributed by atoms with van der Waals surface area (Å²) in [5.74, 6) is 0.600. The molecule has 3 atom stereocenters. The Morgan fingerprint density at radius 1 is 1.32 bits per heavy atom. The van der Waals surface area contributed by atoms with Crippen molar-refractivity contribution in [3.8, 4) is 0 Å². The maximum Gasteiger partial charge on any atom is 0.0552 e. The molecule has 3 unspecified atom stereocenters. The van der Waals surface area contributed by atoms with Gasteiger partial charge in [-0.2, -0.15) is 0 Å². The van der Waals surface area contributed by atoms with E-state index in [0.717, 1.165) is 19.7 Å². The van der Waals surface area contributed by atoms with Gasteiger partial charge in [-0.25, -0.2) is 0 Å². The highest BCUT2D eigenvalue weighted by Crippen LogP contribution is 2.50. The standard InChI is InChI=1S/C16H22BrNO/c1-12-10-16(7-9-19-12)6-8-18-11-14(16)13-4-2-3-5-15(13)17/h2-5,12,14,18H,6-11H2,1H3. The van der Waals surface area contributed by atoms with Crippen LogP contribution in [0.3, 0.4) is 0 Å². The van der Waals surface area contributed by atoms with Gasteiger partial charge in [-0.15, -0.1) is 0 Å². The molecule has 2 saturated heterocycles. The summed E-state index contributed by atoms with van der Waals surface area (Å²) in [4.78, 5) is 0. The fraction of sp³-hybridized carbons (Fsp3) is 0.625. The van der Waals surface area contributed by atoms with Crippen LogP contribution in [0.15, 0.2) is 28.7 Å². The Hall–Kier alpha value is -0.380. The first-order chi connectivity index (χ1) is 9.21. The van der Waals surface area contributed by atoms with E-state index in [1.807, 2.05) is 0 Å². The van der Waals surface area contributed by atoms with Crippen LogP contribution in [-0.2, 0) is 4.74 Å². The lowest BCUT2D eigenvalue weighted by Gasteiger charge is -2.49. The second-order valence-electron chi connectivity index (χ2n) is 6.03. The number of halogens is 1.